The quantitative estimate of drug-likeness (QED) is 0.481. The van der Waals surface area contributed by atoms with Gasteiger partial charge in [-0.3, -0.25) is 4.79 Å². The van der Waals surface area contributed by atoms with Crippen LogP contribution in [0.3, 0.4) is 0 Å². The van der Waals surface area contributed by atoms with E-state index in [1.807, 2.05) is 30.5 Å². The summed E-state index contributed by atoms with van der Waals surface area (Å²) >= 11 is 3.15. The molecule has 0 saturated heterocycles. The fourth-order valence-corrected chi connectivity index (χ4v) is 4.34. The first-order valence-corrected chi connectivity index (χ1v) is 10.8. The average Bonchev–Trinajstić information content (AvgIpc) is 3.11. The Labute approximate surface area is 175 Å². The van der Waals surface area contributed by atoms with Crippen LogP contribution in [0.4, 0.5) is 13.2 Å². The summed E-state index contributed by atoms with van der Waals surface area (Å²) in [5, 5.41) is 5.87. The maximum atomic E-state index is 12.6. The highest BCUT2D eigenvalue weighted by atomic mass is 32.2. The lowest BCUT2D eigenvalue weighted by atomic mass is 10.1. The van der Waals surface area contributed by atoms with Crippen LogP contribution in [0, 0.1) is 6.92 Å². The molecule has 0 aliphatic rings. The number of carbonyl (C=O) groups excluding carboxylic acids is 1. The van der Waals surface area contributed by atoms with Gasteiger partial charge in [0.15, 0.2) is 0 Å². The number of aromatic nitrogens is 1. The number of aryl methyl sites for hydroxylation is 1. The van der Waals surface area contributed by atoms with Crippen LogP contribution in [-0.4, -0.2) is 17.4 Å². The van der Waals surface area contributed by atoms with Gasteiger partial charge in [-0.15, -0.1) is 23.1 Å². The number of hydrogen-bond donors (Lipinski definition) is 1. The van der Waals surface area contributed by atoms with Gasteiger partial charge in [0.1, 0.15) is 0 Å². The van der Waals surface area contributed by atoms with Crippen molar-refractivity contribution in [2.24, 2.45) is 0 Å². The predicted octanol–water partition coefficient (Wildman–Crippen LogP) is 5.74. The van der Waals surface area contributed by atoms with Crippen LogP contribution >= 0.6 is 23.1 Å². The lowest BCUT2D eigenvalue weighted by molar-refractivity contribution is -0.137. The smallest absolute Gasteiger partial charge is 0.352 e. The fourth-order valence-electron chi connectivity index (χ4n) is 2.68. The third kappa shape index (κ3) is 6.08. The number of nitrogens with zero attached hydrogens (tertiary/aromatic N) is 1. The third-order valence-electron chi connectivity index (χ3n) is 4.15. The summed E-state index contributed by atoms with van der Waals surface area (Å²) in [7, 11) is 0. The second-order valence-corrected chi connectivity index (χ2v) is 8.42. The number of hydrogen-bond acceptors (Lipinski definition) is 4. The normalized spacial score (nSPS) is 11.4. The zero-order chi connectivity index (χ0) is 20.9. The molecule has 29 heavy (non-hydrogen) atoms. The van der Waals surface area contributed by atoms with E-state index in [0.717, 1.165) is 33.3 Å². The van der Waals surface area contributed by atoms with Gasteiger partial charge in [-0.2, -0.15) is 13.2 Å². The molecule has 1 N–H and O–H groups in total. The number of rotatable bonds is 7. The number of benzene rings is 2. The van der Waals surface area contributed by atoms with Gasteiger partial charge >= 0.3 is 6.18 Å². The summed E-state index contributed by atoms with van der Waals surface area (Å²) in [6.45, 7) is 2.30. The molecule has 1 amide bonds. The molecule has 0 atom stereocenters. The Morgan fingerprint density at radius 2 is 1.86 bits per heavy atom. The van der Waals surface area contributed by atoms with Crippen molar-refractivity contribution < 1.29 is 18.0 Å². The molecule has 152 valence electrons. The molecule has 0 bridgehead atoms. The molecule has 0 saturated carbocycles. The van der Waals surface area contributed by atoms with Gasteiger partial charge in [0.05, 0.1) is 21.8 Å². The van der Waals surface area contributed by atoms with Gasteiger partial charge < -0.3 is 5.32 Å². The zero-order valence-electron chi connectivity index (χ0n) is 15.6. The van der Waals surface area contributed by atoms with E-state index in [1.54, 1.807) is 29.2 Å². The molecule has 3 aromatic rings. The van der Waals surface area contributed by atoms with Gasteiger partial charge in [-0.05, 0) is 43.2 Å². The van der Waals surface area contributed by atoms with Gasteiger partial charge in [-0.1, -0.05) is 24.3 Å². The zero-order valence-corrected chi connectivity index (χ0v) is 17.3. The Balaban J connectivity index is 1.55. The Hall–Kier alpha value is -2.32. The van der Waals surface area contributed by atoms with Crippen molar-refractivity contribution in [2.45, 2.75) is 30.2 Å². The first-order chi connectivity index (χ1) is 13.8. The number of carbonyl (C=O) groups is 1. The molecule has 1 aromatic heterocycles. The van der Waals surface area contributed by atoms with E-state index in [4.69, 9.17) is 0 Å². The minimum atomic E-state index is -4.34. The molecule has 0 spiro atoms. The molecule has 3 nitrogen and oxygen atoms in total. The van der Waals surface area contributed by atoms with Crippen LogP contribution in [0.5, 0.6) is 0 Å². The minimum absolute atomic E-state index is 0.200. The van der Waals surface area contributed by atoms with Crippen LogP contribution in [-0.2, 0) is 18.3 Å². The third-order valence-corrected chi connectivity index (χ3v) is 6.08. The SMILES string of the molecule is Cc1nc(CSc2ccccc2C(=O)NCCc2ccc(C(F)(F)F)cc2)cs1. The molecule has 2 aromatic carbocycles. The van der Waals surface area contributed by atoms with E-state index in [2.05, 4.69) is 10.3 Å². The summed E-state index contributed by atoms with van der Waals surface area (Å²) in [4.78, 5) is 17.9. The summed E-state index contributed by atoms with van der Waals surface area (Å²) in [5.74, 6) is 0.481. The van der Waals surface area contributed by atoms with Crippen molar-refractivity contribution in [1.82, 2.24) is 10.3 Å². The van der Waals surface area contributed by atoms with Gasteiger partial charge in [-0.25, -0.2) is 4.98 Å². The second-order valence-electron chi connectivity index (χ2n) is 6.34. The van der Waals surface area contributed by atoms with Crippen molar-refractivity contribution in [3.8, 4) is 0 Å². The lowest BCUT2D eigenvalue weighted by Crippen LogP contribution is -2.26. The number of halogens is 3. The molecule has 0 radical (unpaired) electrons. The highest BCUT2D eigenvalue weighted by molar-refractivity contribution is 7.98. The Bertz CT molecular complexity index is 969. The monoisotopic (exact) mass is 436 g/mol. The number of thioether (sulfide) groups is 1. The van der Waals surface area contributed by atoms with Crippen LogP contribution < -0.4 is 5.32 Å². The standard InChI is InChI=1S/C21H19F3N2OS2/c1-14-26-17(12-28-14)13-29-19-5-3-2-4-18(19)20(27)25-11-10-15-6-8-16(9-7-15)21(22,23)24/h2-9,12H,10-11,13H2,1H3,(H,25,27). The summed E-state index contributed by atoms with van der Waals surface area (Å²) in [6.07, 6.45) is -3.89. The van der Waals surface area contributed by atoms with Crippen molar-refractivity contribution in [1.29, 1.82) is 0 Å². The fraction of sp³-hybridized carbons (Fsp3) is 0.238. The van der Waals surface area contributed by atoms with Crippen LogP contribution in [0.15, 0.2) is 58.8 Å². The first-order valence-electron chi connectivity index (χ1n) is 8.90. The van der Waals surface area contributed by atoms with E-state index >= 15 is 0 Å². The molecule has 0 aliphatic heterocycles. The highest BCUT2D eigenvalue weighted by Crippen LogP contribution is 2.29. The molecule has 0 unspecified atom stereocenters. The number of alkyl halides is 3. The van der Waals surface area contributed by atoms with E-state index < -0.39 is 11.7 Å². The second kappa shape index (κ2) is 9.45. The largest absolute Gasteiger partial charge is 0.416 e. The van der Waals surface area contributed by atoms with E-state index in [1.165, 1.54) is 12.1 Å². The van der Waals surface area contributed by atoms with Crippen molar-refractivity contribution >= 4 is 29.0 Å². The van der Waals surface area contributed by atoms with Crippen molar-refractivity contribution in [2.75, 3.05) is 6.54 Å². The highest BCUT2D eigenvalue weighted by Gasteiger charge is 2.29. The van der Waals surface area contributed by atoms with E-state index in [-0.39, 0.29) is 5.91 Å². The molecule has 1 heterocycles. The number of nitrogens with one attached hydrogen (secondary N) is 1. The maximum absolute atomic E-state index is 12.6. The van der Waals surface area contributed by atoms with E-state index in [9.17, 15) is 18.0 Å². The lowest BCUT2D eigenvalue weighted by Gasteiger charge is -2.10. The summed E-state index contributed by atoms with van der Waals surface area (Å²) < 4.78 is 37.8. The Morgan fingerprint density at radius 1 is 1.14 bits per heavy atom. The summed E-state index contributed by atoms with van der Waals surface area (Å²) in [5.41, 5.74) is 1.62. The molecular weight excluding hydrogens is 417 g/mol. The topological polar surface area (TPSA) is 42.0 Å². The minimum Gasteiger partial charge on any atom is -0.352 e. The number of thiazole rings is 1. The first kappa shape index (κ1) is 21.4. The van der Waals surface area contributed by atoms with Gasteiger partial charge in [0.25, 0.3) is 5.91 Å². The van der Waals surface area contributed by atoms with E-state index in [0.29, 0.717) is 24.3 Å². The average molecular weight is 437 g/mol. The predicted molar refractivity (Wildman–Crippen MR) is 110 cm³/mol. The van der Waals surface area contributed by atoms with Crippen LogP contribution in [0.1, 0.15) is 32.2 Å². The molecule has 3 rings (SSSR count). The molecule has 0 aliphatic carbocycles. The Morgan fingerprint density at radius 3 is 2.52 bits per heavy atom. The van der Waals surface area contributed by atoms with Gasteiger partial charge in [0.2, 0.25) is 0 Å². The molecule has 0 fully saturated rings. The van der Waals surface area contributed by atoms with Crippen LogP contribution in [0.2, 0.25) is 0 Å². The summed E-state index contributed by atoms with van der Waals surface area (Å²) in [6, 6.07) is 12.3. The van der Waals surface area contributed by atoms with Crippen molar-refractivity contribution in [3.05, 3.63) is 81.3 Å². The van der Waals surface area contributed by atoms with Crippen LogP contribution in [0.25, 0.3) is 0 Å². The maximum Gasteiger partial charge on any atom is 0.416 e. The molecular formula is C21H19F3N2OS2. The molecule has 8 heteroatoms. The Kier molecular flexibility index (Phi) is 6.97. The van der Waals surface area contributed by atoms with Gasteiger partial charge in [0, 0.05) is 22.6 Å². The number of amides is 1. The van der Waals surface area contributed by atoms with Crippen molar-refractivity contribution in [3.63, 3.8) is 0 Å².